The molecule has 0 spiro atoms. The van der Waals surface area contributed by atoms with Gasteiger partial charge >= 0.3 is 0 Å². The van der Waals surface area contributed by atoms with E-state index in [4.69, 9.17) is 20.9 Å². The molecule has 0 fully saturated rings. The van der Waals surface area contributed by atoms with Crippen molar-refractivity contribution in [3.8, 4) is 22.6 Å². The highest BCUT2D eigenvalue weighted by atomic mass is 32.2. The van der Waals surface area contributed by atoms with E-state index < -0.39 is 42.1 Å². The summed E-state index contributed by atoms with van der Waals surface area (Å²) in [6.45, 7) is -0.129. The fourth-order valence-electron chi connectivity index (χ4n) is 4.78. The van der Waals surface area contributed by atoms with Crippen molar-refractivity contribution in [1.29, 1.82) is 0 Å². The summed E-state index contributed by atoms with van der Waals surface area (Å²) < 4.78 is 80.7. The third-order valence-corrected chi connectivity index (χ3v) is 8.61. The molecule has 1 aliphatic carbocycles. The molecule has 10 nitrogen and oxygen atoms in total. The summed E-state index contributed by atoms with van der Waals surface area (Å²) in [6.07, 6.45) is 0.282. The zero-order chi connectivity index (χ0) is 29.4. The van der Waals surface area contributed by atoms with Gasteiger partial charge in [0.15, 0.2) is 0 Å². The monoisotopic (exact) mass is 596 g/mol. The minimum Gasteiger partial charge on any atom is -0.490 e. The molecule has 4 aromatic carbocycles. The zero-order valence-electron chi connectivity index (χ0n) is 21.7. The highest BCUT2D eigenvalue weighted by molar-refractivity contribution is 7.86. The first-order valence-corrected chi connectivity index (χ1v) is 15.5. The molecule has 4 aromatic rings. The smallest absolute Gasteiger partial charge is 0.298 e. The predicted molar refractivity (Wildman–Crippen MR) is 152 cm³/mol. The summed E-state index contributed by atoms with van der Waals surface area (Å²) in [5, 5.41) is 0. The number of rotatable bonds is 10. The highest BCUT2D eigenvalue weighted by Gasteiger charge is 2.30. The summed E-state index contributed by atoms with van der Waals surface area (Å²) in [7, 11) is -9.47. The van der Waals surface area contributed by atoms with Crippen LogP contribution in [0.25, 0.3) is 11.1 Å². The molecule has 0 bridgehead atoms. The van der Waals surface area contributed by atoms with Gasteiger partial charge in [-0.2, -0.15) is 16.8 Å². The van der Waals surface area contributed by atoms with E-state index in [0.717, 1.165) is 11.1 Å². The van der Waals surface area contributed by atoms with Gasteiger partial charge in [-0.15, -0.1) is 0 Å². The van der Waals surface area contributed by atoms with Crippen molar-refractivity contribution in [3.63, 3.8) is 0 Å². The SMILES string of the molecule is NC(COc1cc2c(cc1S(=O)(=O)O)-c1cc(S(=O)(=O)O)c(OCC(N)c3ccccc3)cc1C2)c1ccccc1. The highest BCUT2D eigenvalue weighted by Crippen LogP contribution is 2.44. The Morgan fingerprint density at radius 2 is 1.00 bits per heavy atom. The van der Waals surface area contributed by atoms with Crippen molar-refractivity contribution in [3.05, 3.63) is 107 Å². The van der Waals surface area contributed by atoms with E-state index in [2.05, 4.69) is 0 Å². The van der Waals surface area contributed by atoms with Gasteiger partial charge in [0.05, 0.1) is 12.1 Å². The molecule has 0 aromatic heterocycles. The molecule has 214 valence electrons. The fourth-order valence-corrected chi connectivity index (χ4v) is 6.06. The molecule has 6 N–H and O–H groups in total. The molecule has 1 aliphatic rings. The Hall–Kier alpha value is -3.78. The number of hydrogen-bond acceptors (Lipinski definition) is 8. The largest absolute Gasteiger partial charge is 0.490 e. The van der Waals surface area contributed by atoms with Crippen LogP contribution in [0, 0.1) is 0 Å². The van der Waals surface area contributed by atoms with Crippen LogP contribution in [0.1, 0.15) is 34.3 Å². The van der Waals surface area contributed by atoms with Gasteiger partial charge in [0.25, 0.3) is 20.2 Å². The second-order valence-corrected chi connectivity index (χ2v) is 12.5. The van der Waals surface area contributed by atoms with E-state index in [1.807, 2.05) is 60.7 Å². The Kier molecular flexibility index (Phi) is 7.88. The summed E-state index contributed by atoms with van der Waals surface area (Å²) >= 11 is 0. The molecular weight excluding hydrogens is 568 g/mol. The predicted octanol–water partition coefficient (Wildman–Crippen LogP) is 3.91. The first kappa shape index (κ1) is 28.7. The van der Waals surface area contributed by atoms with Crippen molar-refractivity contribution in [2.45, 2.75) is 28.3 Å². The molecule has 0 aliphatic heterocycles. The minimum absolute atomic E-state index is 0.0647. The van der Waals surface area contributed by atoms with Crippen molar-refractivity contribution < 1.29 is 35.4 Å². The number of ether oxygens (including phenoxy) is 2. The second kappa shape index (κ2) is 11.2. The molecule has 0 radical (unpaired) electrons. The lowest BCUT2D eigenvalue weighted by molar-refractivity contribution is 0.282. The summed E-state index contributed by atoms with van der Waals surface area (Å²) in [6, 6.07) is 22.5. The lowest BCUT2D eigenvalue weighted by atomic mass is 10.1. The third-order valence-electron chi connectivity index (χ3n) is 6.86. The maximum Gasteiger partial charge on any atom is 0.298 e. The van der Waals surface area contributed by atoms with Gasteiger partial charge in [-0.1, -0.05) is 60.7 Å². The Labute approximate surface area is 238 Å². The van der Waals surface area contributed by atoms with Gasteiger partial charge in [-0.3, -0.25) is 9.11 Å². The summed E-state index contributed by atoms with van der Waals surface area (Å²) in [5.74, 6) is -0.184. The number of nitrogens with two attached hydrogens (primary N) is 2. The van der Waals surface area contributed by atoms with Gasteiger partial charge in [-0.05, 0) is 64.1 Å². The average molecular weight is 597 g/mol. The molecule has 2 unspecified atom stereocenters. The lowest BCUT2D eigenvalue weighted by Gasteiger charge is -2.17. The van der Waals surface area contributed by atoms with Gasteiger partial charge in [0.1, 0.15) is 34.5 Å². The molecule has 0 saturated carbocycles. The van der Waals surface area contributed by atoms with Crippen LogP contribution in [0.2, 0.25) is 0 Å². The van der Waals surface area contributed by atoms with Crippen LogP contribution >= 0.6 is 0 Å². The Bertz CT molecular complexity index is 1660. The maximum absolute atomic E-state index is 12.3. The lowest BCUT2D eigenvalue weighted by Crippen LogP contribution is -2.19. The molecule has 12 heteroatoms. The summed E-state index contributed by atoms with van der Waals surface area (Å²) in [4.78, 5) is -0.987. The van der Waals surface area contributed by atoms with Crippen LogP contribution in [-0.2, 0) is 26.7 Å². The molecule has 5 rings (SSSR count). The molecule has 2 atom stereocenters. The second-order valence-electron chi connectivity index (χ2n) is 9.70. The first-order valence-electron chi connectivity index (χ1n) is 12.6. The van der Waals surface area contributed by atoms with E-state index >= 15 is 0 Å². The van der Waals surface area contributed by atoms with Crippen LogP contribution in [-0.4, -0.2) is 39.2 Å². The van der Waals surface area contributed by atoms with E-state index in [1.54, 1.807) is 0 Å². The number of fused-ring (bicyclic) bond motifs is 3. The van der Waals surface area contributed by atoms with Gasteiger partial charge in [-0.25, -0.2) is 0 Å². The van der Waals surface area contributed by atoms with Crippen LogP contribution in [0.4, 0.5) is 0 Å². The molecule has 0 amide bonds. The minimum atomic E-state index is -4.73. The Morgan fingerprint density at radius 3 is 1.34 bits per heavy atom. The molecule has 41 heavy (non-hydrogen) atoms. The van der Waals surface area contributed by atoms with Crippen molar-refractivity contribution >= 4 is 20.2 Å². The van der Waals surface area contributed by atoms with E-state index in [0.29, 0.717) is 22.3 Å². The van der Waals surface area contributed by atoms with Gasteiger partial charge < -0.3 is 20.9 Å². The number of hydrogen-bond donors (Lipinski definition) is 4. The number of benzene rings is 4. The third kappa shape index (κ3) is 6.27. The van der Waals surface area contributed by atoms with Crippen molar-refractivity contribution in [2.24, 2.45) is 11.5 Å². The van der Waals surface area contributed by atoms with Crippen molar-refractivity contribution in [1.82, 2.24) is 0 Å². The van der Waals surface area contributed by atoms with E-state index in [1.165, 1.54) is 24.3 Å². The first-order chi connectivity index (χ1) is 19.4. The van der Waals surface area contributed by atoms with E-state index in [9.17, 15) is 25.9 Å². The van der Waals surface area contributed by atoms with Crippen LogP contribution < -0.4 is 20.9 Å². The van der Waals surface area contributed by atoms with Crippen LogP contribution in [0.5, 0.6) is 11.5 Å². The standard InChI is InChI=1S/C29H28N2O8S2/c30-24(18-7-3-1-4-8-18)16-38-26-12-20-11-21-13-27(39-17-25(31)19-9-5-2-6-10-19)29(41(35,36)37)15-23(21)22(20)14-28(26)40(32,33)34/h1-10,12-15,24-25H,11,16-17,30-31H2,(H,32,33,34)(H,35,36,37). The average Bonchev–Trinajstić information content (AvgIpc) is 3.30. The summed E-state index contributed by atoms with van der Waals surface area (Å²) in [5.41, 5.74) is 15.9. The zero-order valence-corrected chi connectivity index (χ0v) is 23.3. The maximum atomic E-state index is 12.3. The van der Waals surface area contributed by atoms with Gasteiger partial charge in [0, 0.05) is 0 Å². The normalized spacial score (nSPS) is 14.1. The molecule has 0 heterocycles. The fraction of sp³-hybridized carbons (Fsp3) is 0.172. The van der Waals surface area contributed by atoms with Crippen molar-refractivity contribution in [2.75, 3.05) is 13.2 Å². The quantitative estimate of drug-likeness (QED) is 0.173. The van der Waals surface area contributed by atoms with Crippen LogP contribution in [0.15, 0.2) is 94.7 Å². The Morgan fingerprint density at radius 1 is 0.634 bits per heavy atom. The van der Waals surface area contributed by atoms with Gasteiger partial charge in [0.2, 0.25) is 0 Å². The topological polar surface area (TPSA) is 179 Å². The van der Waals surface area contributed by atoms with Crippen LogP contribution in [0.3, 0.4) is 0 Å². The Balaban J connectivity index is 1.48. The molecule has 0 saturated heterocycles. The molecular formula is C29H28N2O8S2. The van der Waals surface area contributed by atoms with E-state index in [-0.39, 0.29) is 31.1 Å².